The molecule has 0 aliphatic carbocycles. The molecule has 0 radical (unpaired) electrons. The third-order valence-electron chi connectivity index (χ3n) is 3.53. The van der Waals surface area contributed by atoms with Gasteiger partial charge in [0.05, 0.1) is 6.54 Å². The van der Waals surface area contributed by atoms with Gasteiger partial charge in [-0.1, -0.05) is 54.1 Å². The van der Waals surface area contributed by atoms with Crippen LogP contribution in [0.2, 0.25) is 5.02 Å². The van der Waals surface area contributed by atoms with E-state index in [0.717, 1.165) is 11.1 Å². The molecular formula is C17H14ClNO2. The van der Waals surface area contributed by atoms with Crippen LogP contribution in [0.5, 0.6) is 0 Å². The van der Waals surface area contributed by atoms with Gasteiger partial charge in [-0.2, -0.15) is 0 Å². The standard InChI is InChI=1S/C17H14ClNO2/c18-14-8-6-12(7-9-14)10-19-11-15(16(20)17(19)21)13-4-2-1-3-5-13/h1-9,20H,10-11H2. The molecule has 0 aromatic heterocycles. The van der Waals surface area contributed by atoms with Crippen LogP contribution in [0, 0.1) is 0 Å². The molecule has 2 aromatic carbocycles. The molecule has 106 valence electrons. The van der Waals surface area contributed by atoms with Crippen molar-refractivity contribution >= 4 is 23.1 Å². The van der Waals surface area contributed by atoms with Gasteiger partial charge >= 0.3 is 0 Å². The van der Waals surface area contributed by atoms with Crippen molar-refractivity contribution in [3.63, 3.8) is 0 Å². The molecule has 0 saturated heterocycles. The zero-order valence-electron chi connectivity index (χ0n) is 11.3. The lowest BCUT2D eigenvalue weighted by atomic mass is 10.1. The van der Waals surface area contributed by atoms with Gasteiger partial charge in [0.15, 0.2) is 5.76 Å². The van der Waals surface area contributed by atoms with Gasteiger partial charge in [0.25, 0.3) is 5.91 Å². The zero-order valence-corrected chi connectivity index (χ0v) is 12.0. The smallest absolute Gasteiger partial charge is 0.289 e. The third kappa shape index (κ3) is 2.78. The number of amides is 1. The summed E-state index contributed by atoms with van der Waals surface area (Å²) in [6.45, 7) is 0.869. The van der Waals surface area contributed by atoms with Crippen LogP contribution in [-0.4, -0.2) is 22.5 Å². The summed E-state index contributed by atoms with van der Waals surface area (Å²) in [6.07, 6.45) is 0. The summed E-state index contributed by atoms with van der Waals surface area (Å²) in [7, 11) is 0. The molecule has 1 N–H and O–H groups in total. The van der Waals surface area contributed by atoms with E-state index in [1.165, 1.54) is 0 Å². The molecule has 1 heterocycles. The van der Waals surface area contributed by atoms with E-state index in [4.69, 9.17) is 11.6 Å². The monoisotopic (exact) mass is 299 g/mol. The van der Waals surface area contributed by atoms with E-state index in [9.17, 15) is 9.90 Å². The molecule has 21 heavy (non-hydrogen) atoms. The summed E-state index contributed by atoms with van der Waals surface area (Å²) in [5.41, 5.74) is 2.53. The van der Waals surface area contributed by atoms with Gasteiger partial charge in [-0.05, 0) is 23.3 Å². The Morgan fingerprint density at radius 2 is 1.71 bits per heavy atom. The topological polar surface area (TPSA) is 40.5 Å². The van der Waals surface area contributed by atoms with Crippen molar-refractivity contribution in [3.05, 3.63) is 76.5 Å². The molecule has 0 atom stereocenters. The summed E-state index contributed by atoms with van der Waals surface area (Å²) < 4.78 is 0. The van der Waals surface area contributed by atoms with Crippen LogP contribution in [0.15, 0.2) is 60.4 Å². The van der Waals surface area contributed by atoms with Gasteiger partial charge < -0.3 is 10.0 Å². The summed E-state index contributed by atoms with van der Waals surface area (Å²) in [4.78, 5) is 13.8. The van der Waals surface area contributed by atoms with Crippen LogP contribution >= 0.6 is 11.6 Å². The highest BCUT2D eigenvalue weighted by atomic mass is 35.5. The fourth-order valence-corrected chi connectivity index (χ4v) is 2.55. The quantitative estimate of drug-likeness (QED) is 0.940. The number of aliphatic hydroxyl groups is 1. The fourth-order valence-electron chi connectivity index (χ4n) is 2.42. The minimum Gasteiger partial charge on any atom is -0.503 e. The molecule has 3 nitrogen and oxygen atoms in total. The van der Waals surface area contributed by atoms with Crippen LogP contribution in [-0.2, 0) is 11.3 Å². The number of hydrogen-bond acceptors (Lipinski definition) is 2. The highest BCUT2D eigenvalue weighted by Crippen LogP contribution is 2.27. The number of rotatable bonds is 3. The molecular weight excluding hydrogens is 286 g/mol. The number of hydrogen-bond donors (Lipinski definition) is 1. The van der Waals surface area contributed by atoms with Crippen molar-refractivity contribution in [1.82, 2.24) is 4.90 Å². The number of benzene rings is 2. The summed E-state index contributed by atoms with van der Waals surface area (Å²) in [5.74, 6) is -0.487. The van der Waals surface area contributed by atoms with E-state index in [-0.39, 0.29) is 11.7 Å². The van der Waals surface area contributed by atoms with Crippen LogP contribution in [0.25, 0.3) is 5.57 Å². The number of halogens is 1. The largest absolute Gasteiger partial charge is 0.503 e. The second-order valence-corrected chi connectivity index (χ2v) is 5.42. The maximum absolute atomic E-state index is 12.2. The Morgan fingerprint density at radius 3 is 2.38 bits per heavy atom. The van der Waals surface area contributed by atoms with Gasteiger partial charge in [-0.3, -0.25) is 4.79 Å². The van der Waals surface area contributed by atoms with Crippen molar-refractivity contribution in [2.24, 2.45) is 0 Å². The molecule has 0 unspecified atom stereocenters. The molecule has 4 heteroatoms. The van der Waals surface area contributed by atoms with Crippen LogP contribution in [0.4, 0.5) is 0 Å². The Labute approximate surface area is 128 Å². The van der Waals surface area contributed by atoms with Crippen LogP contribution in [0.1, 0.15) is 11.1 Å². The van der Waals surface area contributed by atoms with E-state index in [1.807, 2.05) is 42.5 Å². The Bertz CT molecular complexity index is 692. The molecule has 0 bridgehead atoms. The minimum atomic E-state index is -0.330. The summed E-state index contributed by atoms with van der Waals surface area (Å²) >= 11 is 5.85. The van der Waals surface area contributed by atoms with E-state index in [1.54, 1.807) is 17.0 Å². The van der Waals surface area contributed by atoms with Crippen molar-refractivity contribution in [2.45, 2.75) is 6.54 Å². The molecule has 0 spiro atoms. The first-order chi connectivity index (χ1) is 10.1. The van der Waals surface area contributed by atoms with Crippen molar-refractivity contribution in [2.75, 3.05) is 6.54 Å². The maximum atomic E-state index is 12.2. The maximum Gasteiger partial charge on any atom is 0.289 e. The Balaban J connectivity index is 1.80. The fraction of sp³-hybridized carbons (Fsp3) is 0.118. The van der Waals surface area contributed by atoms with Crippen molar-refractivity contribution < 1.29 is 9.90 Å². The Hall–Kier alpha value is -2.26. The second-order valence-electron chi connectivity index (χ2n) is 4.98. The number of carbonyl (C=O) groups is 1. The number of carbonyl (C=O) groups excluding carboxylic acids is 1. The van der Waals surface area contributed by atoms with Crippen molar-refractivity contribution in [1.29, 1.82) is 0 Å². The second kappa shape index (κ2) is 5.62. The van der Waals surface area contributed by atoms with Gasteiger partial charge in [0.2, 0.25) is 0 Å². The number of aliphatic hydroxyl groups excluding tert-OH is 1. The average molecular weight is 300 g/mol. The highest BCUT2D eigenvalue weighted by Gasteiger charge is 2.30. The third-order valence-corrected chi connectivity index (χ3v) is 3.79. The normalized spacial score (nSPS) is 14.9. The number of nitrogens with zero attached hydrogens (tertiary/aromatic N) is 1. The van der Waals surface area contributed by atoms with Crippen LogP contribution < -0.4 is 0 Å². The summed E-state index contributed by atoms with van der Waals surface area (Å²) in [5, 5.41) is 10.7. The van der Waals surface area contributed by atoms with Gasteiger partial charge in [-0.15, -0.1) is 0 Å². The molecule has 1 amide bonds. The highest BCUT2D eigenvalue weighted by molar-refractivity contribution is 6.30. The predicted octanol–water partition coefficient (Wildman–Crippen LogP) is 3.65. The van der Waals surface area contributed by atoms with Gasteiger partial charge in [-0.25, -0.2) is 0 Å². The lowest BCUT2D eigenvalue weighted by molar-refractivity contribution is -0.128. The first-order valence-corrected chi connectivity index (χ1v) is 7.04. The van der Waals surface area contributed by atoms with Gasteiger partial charge in [0, 0.05) is 17.1 Å². The Morgan fingerprint density at radius 1 is 1.05 bits per heavy atom. The molecule has 1 aliphatic heterocycles. The molecule has 0 saturated carbocycles. The first kappa shape index (κ1) is 13.7. The van der Waals surface area contributed by atoms with E-state index in [0.29, 0.717) is 23.7 Å². The van der Waals surface area contributed by atoms with Crippen molar-refractivity contribution in [3.8, 4) is 0 Å². The first-order valence-electron chi connectivity index (χ1n) is 6.66. The average Bonchev–Trinajstić information content (AvgIpc) is 2.79. The molecule has 0 fully saturated rings. The lowest BCUT2D eigenvalue weighted by Gasteiger charge is -2.16. The van der Waals surface area contributed by atoms with E-state index < -0.39 is 0 Å². The summed E-state index contributed by atoms with van der Waals surface area (Å²) in [6, 6.07) is 16.8. The van der Waals surface area contributed by atoms with Gasteiger partial charge in [0.1, 0.15) is 0 Å². The Kier molecular flexibility index (Phi) is 3.67. The zero-order chi connectivity index (χ0) is 14.8. The SMILES string of the molecule is O=C1C(O)=C(c2ccccc2)CN1Cc1ccc(Cl)cc1. The molecule has 2 aromatic rings. The lowest BCUT2D eigenvalue weighted by Crippen LogP contribution is -2.26. The van der Waals surface area contributed by atoms with E-state index >= 15 is 0 Å². The molecule has 1 aliphatic rings. The minimum absolute atomic E-state index is 0.157. The molecule has 3 rings (SSSR count). The van der Waals surface area contributed by atoms with Crippen LogP contribution in [0.3, 0.4) is 0 Å². The van der Waals surface area contributed by atoms with E-state index in [2.05, 4.69) is 0 Å². The predicted molar refractivity (Wildman–Crippen MR) is 82.9 cm³/mol.